The highest BCUT2D eigenvalue weighted by molar-refractivity contribution is 5.83. The molecule has 3 heteroatoms. The van der Waals surface area contributed by atoms with Crippen LogP contribution in [0, 0.1) is 58.2 Å². The molecule has 0 radical (unpaired) electrons. The third-order valence-corrected chi connectivity index (χ3v) is 11.1. The first-order valence-electron chi connectivity index (χ1n) is 12.7. The Kier molecular flexibility index (Phi) is 5.90. The Labute approximate surface area is 184 Å². The quantitative estimate of drug-likeness (QED) is 0.505. The molecule has 30 heavy (non-hydrogen) atoms. The molecule has 0 N–H and O–H groups in total. The maximum Gasteiger partial charge on any atom is 0.305 e. The van der Waals surface area contributed by atoms with E-state index in [1.54, 1.807) is 0 Å². The Morgan fingerprint density at radius 1 is 1.13 bits per heavy atom. The van der Waals surface area contributed by atoms with Gasteiger partial charge in [-0.05, 0) is 90.8 Å². The summed E-state index contributed by atoms with van der Waals surface area (Å²) in [5, 5.41) is 0. The van der Waals surface area contributed by atoms with Crippen molar-refractivity contribution in [2.45, 2.75) is 92.4 Å². The van der Waals surface area contributed by atoms with E-state index < -0.39 is 0 Å². The zero-order valence-electron chi connectivity index (χ0n) is 20.2. The van der Waals surface area contributed by atoms with Crippen molar-refractivity contribution in [2.75, 3.05) is 7.11 Å². The van der Waals surface area contributed by atoms with E-state index in [0.29, 0.717) is 59.0 Å². The SMILES string of the molecule is COC(=O)CC[C@@H](C)[C@H]1CC[C@H]2[C@@H]3C(=O)C[C@@H]4C[C@H](C)CC[C@]4(C)[C@H]3C[C@H](C)[C@]12C. The first kappa shape index (κ1) is 22.3. The predicted octanol–water partition coefficient (Wildman–Crippen LogP) is 6.30. The molecule has 0 aromatic carbocycles. The molecule has 0 aliphatic heterocycles. The van der Waals surface area contributed by atoms with Crippen LogP contribution >= 0.6 is 0 Å². The number of hydrogen-bond acceptors (Lipinski definition) is 3. The van der Waals surface area contributed by atoms with Crippen LogP contribution in [0.4, 0.5) is 0 Å². The number of ether oxygens (including phenoxy) is 1. The maximum atomic E-state index is 13.6. The van der Waals surface area contributed by atoms with E-state index in [2.05, 4.69) is 34.6 Å². The van der Waals surface area contributed by atoms with E-state index in [0.717, 1.165) is 18.8 Å². The van der Waals surface area contributed by atoms with Gasteiger partial charge >= 0.3 is 5.97 Å². The molecular weight excluding hydrogens is 372 g/mol. The molecule has 0 heterocycles. The zero-order valence-corrected chi connectivity index (χ0v) is 20.2. The van der Waals surface area contributed by atoms with Gasteiger partial charge in [-0.1, -0.05) is 41.0 Å². The van der Waals surface area contributed by atoms with E-state index in [-0.39, 0.29) is 11.4 Å². The minimum absolute atomic E-state index is 0.0914. The van der Waals surface area contributed by atoms with Crippen molar-refractivity contribution >= 4 is 11.8 Å². The molecule has 0 bridgehead atoms. The molecule has 0 aromatic rings. The topological polar surface area (TPSA) is 43.4 Å². The lowest BCUT2D eigenvalue weighted by molar-refractivity contribution is -0.166. The molecule has 0 saturated heterocycles. The lowest BCUT2D eigenvalue weighted by Gasteiger charge is -2.62. The van der Waals surface area contributed by atoms with E-state index in [4.69, 9.17) is 4.74 Å². The molecular formula is C27H44O3. The number of rotatable bonds is 4. The summed E-state index contributed by atoms with van der Waals surface area (Å²) in [4.78, 5) is 25.3. The summed E-state index contributed by atoms with van der Waals surface area (Å²) >= 11 is 0. The largest absolute Gasteiger partial charge is 0.469 e. The van der Waals surface area contributed by atoms with Crippen LogP contribution in [0.1, 0.15) is 92.4 Å². The fourth-order valence-corrected chi connectivity index (χ4v) is 9.11. The van der Waals surface area contributed by atoms with Crippen LogP contribution in [0.5, 0.6) is 0 Å². The van der Waals surface area contributed by atoms with Crippen molar-refractivity contribution in [1.29, 1.82) is 0 Å². The lowest BCUT2D eigenvalue weighted by Crippen LogP contribution is -2.59. The van der Waals surface area contributed by atoms with Gasteiger partial charge in [0.25, 0.3) is 0 Å². The Morgan fingerprint density at radius 3 is 2.57 bits per heavy atom. The Balaban J connectivity index is 1.59. The summed E-state index contributed by atoms with van der Waals surface area (Å²) in [5.41, 5.74) is 0.604. The maximum absolute atomic E-state index is 13.6. The fraction of sp³-hybridized carbons (Fsp3) is 0.926. The van der Waals surface area contributed by atoms with Gasteiger partial charge in [0.1, 0.15) is 5.78 Å². The third kappa shape index (κ3) is 3.28. The molecule has 0 aromatic heterocycles. The lowest BCUT2D eigenvalue weighted by atomic mass is 9.42. The van der Waals surface area contributed by atoms with Gasteiger partial charge in [0.05, 0.1) is 7.11 Å². The van der Waals surface area contributed by atoms with Crippen molar-refractivity contribution in [3.63, 3.8) is 0 Å². The van der Waals surface area contributed by atoms with Gasteiger partial charge in [-0.15, -0.1) is 0 Å². The minimum atomic E-state index is -0.0914. The Morgan fingerprint density at radius 2 is 1.87 bits per heavy atom. The van der Waals surface area contributed by atoms with E-state index >= 15 is 0 Å². The molecule has 0 spiro atoms. The number of hydrogen-bond donors (Lipinski definition) is 0. The average molecular weight is 417 g/mol. The van der Waals surface area contributed by atoms with Gasteiger partial charge in [-0.25, -0.2) is 0 Å². The molecule has 170 valence electrons. The number of methoxy groups -OCH3 is 1. The number of ketones is 1. The van der Waals surface area contributed by atoms with Gasteiger partial charge in [-0.2, -0.15) is 0 Å². The first-order valence-corrected chi connectivity index (χ1v) is 12.7. The zero-order chi connectivity index (χ0) is 21.8. The first-order chi connectivity index (χ1) is 14.1. The normalized spacial score (nSPS) is 49.0. The molecule has 4 fully saturated rings. The number of fused-ring (bicyclic) bond motifs is 5. The molecule has 4 aliphatic rings. The Bertz CT molecular complexity index is 686. The molecule has 4 rings (SSSR count). The molecule has 0 amide bonds. The van der Waals surface area contributed by atoms with Crippen molar-refractivity contribution in [3.8, 4) is 0 Å². The van der Waals surface area contributed by atoms with Crippen molar-refractivity contribution in [3.05, 3.63) is 0 Å². The van der Waals surface area contributed by atoms with Gasteiger partial charge in [-0.3, -0.25) is 9.59 Å². The van der Waals surface area contributed by atoms with Crippen molar-refractivity contribution < 1.29 is 14.3 Å². The fourth-order valence-electron chi connectivity index (χ4n) is 9.11. The van der Waals surface area contributed by atoms with Crippen LogP contribution in [-0.4, -0.2) is 18.9 Å². The predicted molar refractivity (Wildman–Crippen MR) is 120 cm³/mol. The van der Waals surface area contributed by atoms with Crippen molar-refractivity contribution in [2.24, 2.45) is 58.2 Å². The summed E-state index contributed by atoms with van der Waals surface area (Å²) in [5.74, 6) is 5.11. The molecule has 4 saturated carbocycles. The second kappa shape index (κ2) is 7.93. The highest BCUT2D eigenvalue weighted by Crippen LogP contribution is 2.69. The van der Waals surface area contributed by atoms with E-state index in [9.17, 15) is 9.59 Å². The van der Waals surface area contributed by atoms with Crippen molar-refractivity contribution in [1.82, 2.24) is 0 Å². The monoisotopic (exact) mass is 416 g/mol. The van der Waals surface area contributed by atoms with Gasteiger partial charge in [0, 0.05) is 18.8 Å². The molecule has 4 aliphatic carbocycles. The van der Waals surface area contributed by atoms with Gasteiger partial charge in [0.2, 0.25) is 0 Å². The van der Waals surface area contributed by atoms with E-state index in [1.807, 2.05) is 0 Å². The summed E-state index contributed by atoms with van der Waals surface area (Å²) < 4.78 is 4.89. The van der Waals surface area contributed by atoms with Gasteiger partial charge in [0.15, 0.2) is 0 Å². The summed E-state index contributed by atoms with van der Waals surface area (Å²) in [6.45, 7) is 12.3. The van der Waals surface area contributed by atoms with Gasteiger partial charge < -0.3 is 4.74 Å². The van der Waals surface area contributed by atoms with Crippen LogP contribution in [0.15, 0.2) is 0 Å². The molecule has 0 unspecified atom stereocenters. The third-order valence-electron chi connectivity index (χ3n) is 11.1. The highest BCUT2D eigenvalue weighted by atomic mass is 16.5. The van der Waals surface area contributed by atoms with Crippen LogP contribution in [0.25, 0.3) is 0 Å². The number of carbonyl (C=O) groups excluding carboxylic acids is 2. The summed E-state index contributed by atoms with van der Waals surface area (Å²) in [6, 6.07) is 0. The van der Waals surface area contributed by atoms with Crippen LogP contribution in [0.3, 0.4) is 0 Å². The minimum Gasteiger partial charge on any atom is -0.469 e. The average Bonchev–Trinajstić information content (AvgIpc) is 3.06. The van der Waals surface area contributed by atoms with Crippen LogP contribution < -0.4 is 0 Å². The van der Waals surface area contributed by atoms with E-state index in [1.165, 1.54) is 45.6 Å². The second-order valence-corrected chi connectivity index (χ2v) is 12.3. The standard InChI is InChI=1S/C27H44O3/c1-16-11-12-26(4)19(13-16)15-23(28)25-21-9-8-20(17(2)7-10-24(29)30-6)27(21,5)18(3)14-22(25)26/h16-22,25H,7-15H2,1-6H3/t16-,17-,18+,19+,20-,21+,22+,25+,26+,27-/m1/s1. The van der Waals surface area contributed by atoms with Crippen LogP contribution in [0.2, 0.25) is 0 Å². The second-order valence-electron chi connectivity index (χ2n) is 12.3. The summed E-state index contributed by atoms with van der Waals surface area (Å²) in [6.07, 6.45) is 9.85. The molecule has 3 nitrogen and oxygen atoms in total. The van der Waals surface area contributed by atoms with Crippen LogP contribution in [-0.2, 0) is 14.3 Å². The number of Topliss-reactive ketones (excluding diaryl/α,β-unsaturated/α-hetero) is 1. The smallest absolute Gasteiger partial charge is 0.305 e. The number of esters is 1. The highest BCUT2D eigenvalue weighted by Gasteiger charge is 2.64. The molecule has 10 atom stereocenters. The summed E-state index contributed by atoms with van der Waals surface area (Å²) in [7, 11) is 1.48. The number of carbonyl (C=O) groups is 2. The Hall–Kier alpha value is -0.860.